The standard InChI is InChI=1S/C20H22N4O2/c1-25-18-10-6-5-9-17(18)24-13-11-23(12-14-24)15-19-21-22-20(26-19)16-7-3-2-4-8-16/h2-10H,11-15H2,1H3. The fourth-order valence-electron chi connectivity index (χ4n) is 3.24. The largest absolute Gasteiger partial charge is 0.495 e. The number of benzene rings is 2. The predicted molar refractivity (Wildman–Crippen MR) is 100 cm³/mol. The van der Waals surface area contributed by atoms with Gasteiger partial charge in [-0.2, -0.15) is 0 Å². The van der Waals surface area contributed by atoms with Gasteiger partial charge in [-0.15, -0.1) is 10.2 Å². The summed E-state index contributed by atoms with van der Waals surface area (Å²) >= 11 is 0. The highest BCUT2D eigenvalue weighted by molar-refractivity contribution is 5.58. The van der Waals surface area contributed by atoms with Crippen LogP contribution in [-0.2, 0) is 6.54 Å². The van der Waals surface area contributed by atoms with Gasteiger partial charge >= 0.3 is 0 Å². The van der Waals surface area contributed by atoms with Gasteiger partial charge in [-0.25, -0.2) is 0 Å². The van der Waals surface area contributed by atoms with Gasteiger partial charge in [0.1, 0.15) is 5.75 Å². The Bertz CT molecular complexity index is 842. The van der Waals surface area contributed by atoms with E-state index in [2.05, 4.69) is 26.1 Å². The minimum Gasteiger partial charge on any atom is -0.495 e. The number of anilines is 1. The summed E-state index contributed by atoms with van der Waals surface area (Å²) in [6.07, 6.45) is 0. The van der Waals surface area contributed by atoms with Crippen molar-refractivity contribution in [1.82, 2.24) is 15.1 Å². The molecule has 0 amide bonds. The average molecular weight is 350 g/mol. The lowest BCUT2D eigenvalue weighted by molar-refractivity contribution is 0.226. The third-order valence-corrected chi connectivity index (χ3v) is 4.64. The predicted octanol–water partition coefficient (Wildman–Crippen LogP) is 3.07. The first-order chi connectivity index (χ1) is 12.8. The van der Waals surface area contributed by atoms with Crippen molar-refractivity contribution >= 4 is 5.69 Å². The molecular formula is C20H22N4O2. The van der Waals surface area contributed by atoms with E-state index in [0.29, 0.717) is 18.3 Å². The van der Waals surface area contributed by atoms with Crippen LogP contribution in [-0.4, -0.2) is 48.4 Å². The number of piperazine rings is 1. The van der Waals surface area contributed by atoms with E-state index in [1.165, 1.54) is 0 Å². The zero-order chi connectivity index (χ0) is 17.8. The van der Waals surface area contributed by atoms with Crippen LogP contribution >= 0.6 is 0 Å². The van der Waals surface area contributed by atoms with Crippen LogP contribution in [0.15, 0.2) is 59.0 Å². The maximum absolute atomic E-state index is 5.82. The van der Waals surface area contributed by atoms with Crippen molar-refractivity contribution in [3.8, 4) is 17.2 Å². The molecule has 0 atom stereocenters. The van der Waals surface area contributed by atoms with Crippen LogP contribution in [0, 0.1) is 0 Å². The summed E-state index contributed by atoms with van der Waals surface area (Å²) in [7, 11) is 1.72. The molecule has 1 aromatic heterocycles. The van der Waals surface area contributed by atoms with Crippen molar-refractivity contribution in [2.24, 2.45) is 0 Å². The van der Waals surface area contributed by atoms with E-state index in [4.69, 9.17) is 9.15 Å². The summed E-state index contributed by atoms with van der Waals surface area (Å²) in [5.41, 5.74) is 2.10. The van der Waals surface area contributed by atoms with Crippen molar-refractivity contribution in [1.29, 1.82) is 0 Å². The molecule has 0 bridgehead atoms. The molecule has 6 heteroatoms. The Labute approximate surface area is 153 Å². The van der Waals surface area contributed by atoms with Crippen LogP contribution in [0.25, 0.3) is 11.5 Å². The van der Waals surface area contributed by atoms with Gasteiger partial charge in [-0.1, -0.05) is 30.3 Å². The SMILES string of the molecule is COc1ccccc1N1CCN(Cc2nnc(-c3ccccc3)o2)CC1. The summed E-state index contributed by atoms with van der Waals surface area (Å²) in [5, 5.41) is 8.37. The van der Waals surface area contributed by atoms with Crippen molar-refractivity contribution < 1.29 is 9.15 Å². The lowest BCUT2D eigenvalue weighted by Crippen LogP contribution is -2.46. The fraction of sp³-hybridized carbons (Fsp3) is 0.300. The van der Waals surface area contributed by atoms with Gasteiger partial charge in [0, 0.05) is 31.7 Å². The molecular weight excluding hydrogens is 328 g/mol. The average Bonchev–Trinajstić information content (AvgIpc) is 3.18. The Morgan fingerprint density at radius 1 is 0.923 bits per heavy atom. The molecule has 0 spiro atoms. The first kappa shape index (κ1) is 16.6. The van der Waals surface area contributed by atoms with E-state index in [-0.39, 0.29) is 0 Å². The number of methoxy groups -OCH3 is 1. The second-order valence-corrected chi connectivity index (χ2v) is 6.30. The van der Waals surface area contributed by atoms with Crippen LogP contribution < -0.4 is 9.64 Å². The van der Waals surface area contributed by atoms with Crippen molar-refractivity contribution in [2.45, 2.75) is 6.54 Å². The first-order valence-electron chi connectivity index (χ1n) is 8.81. The van der Waals surface area contributed by atoms with Gasteiger partial charge in [0.25, 0.3) is 0 Å². The summed E-state index contributed by atoms with van der Waals surface area (Å²) in [6.45, 7) is 4.46. The fourth-order valence-corrected chi connectivity index (χ4v) is 3.24. The molecule has 0 saturated carbocycles. The lowest BCUT2D eigenvalue weighted by Gasteiger charge is -2.35. The number of para-hydroxylation sites is 2. The second kappa shape index (κ2) is 7.58. The molecule has 2 aromatic carbocycles. The Hall–Kier alpha value is -2.86. The third kappa shape index (κ3) is 3.55. The van der Waals surface area contributed by atoms with Gasteiger partial charge in [0.05, 0.1) is 19.3 Å². The lowest BCUT2D eigenvalue weighted by atomic mass is 10.2. The Morgan fingerprint density at radius 2 is 1.65 bits per heavy atom. The van der Waals surface area contributed by atoms with Crippen LogP contribution in [0.1, 0.15) is 5.89 Å². The molecule has 0 aliphatic carbocycles. The number of ether oxygens (including phenoxy) is 1. The Morgan fingerprint density at radius 3 is 2.42 bits per heavy atom. The van der Waals surface area contributed by atoms with Crippen molar-refractivity contribution in [3.05, 3.63) is 60.5 Å². The molecule has 6 nitrogen and oxygen atoms in total. The van der Waals surface area contributed by atoms with E-state index in [9.17, 15) is 0 Å². The zero-order valence-corrected chi connectivity index (χ0v) is 14.8. The molecule has 0 unspecified atom stereocenters. The number of aromatic nitrogens is 2. The number of hydrogen-bond acceptors (Lipinski definition) is 6. The Kier molecular flexibility index (Phi) is 4.84. The van der Waals surface area contributed by atoms with E-state index < -0.39 is 0 Å². The Balaban J connectivity index is 1.36. The molecule has 1 aliphatic heterocycles. The van der Waals surface area contributed by atoms with Gasteiger partial charge in [-0.3, -0.25) is 4.90 Å². The van der Waals surface area contributed by atoms with Gasteiger partial charge in [0.2, 0.25) is 11.8 Å². The minimum atomic E-state index is 0.577. The van der Waals surface area contributed by atoms with Gasteiger partial charge in [0.15, 0.2) is 0 Å². The van der Waals surface area contributed by atoms with Crippen LogP contribution in [0.2, 0.25) is 0 Å². The third-order valence-electron chi connectivity index (χ3n) is 4.64. The van der Waals surface area contributed by atoms with Crippen molar-refractivity contribution in [2.75, 3.05) is 38.2 Å². The molecule has 2 heterocycles. The molecule has 134 valence electrons. The van der Waals surface area contributed by atoms with E-state index >= 15 is 0 Å². The molecule has 1 saturated heterocycles. The number of rotatable bonds is 5. The quantitative estimate of drug-likeness (QED) is 0.705. The molecule has 1 aliphatic rings. The van der Waals surface area contributed by atoms with Crippen LogP contribution in [0.4, 0.5) is 5.69 Å². The number of hydrogen-bond donors (Lipinski definition) is 0. The zero-order valence-electron chi connectivity index (χ0n) is 14.8. The molecule has 0 radical (unpaired) electrons. The van der Waals surface area contributed by atoms with E-state index in [0.717, 1.165) is 43.2 Å². The maximum atomic E-state index is 5.82. The second-order valence-electron chi connectivity index (χ2n) is 6.30. The highest BCUT2D eigenvalue weighted by Crippen LogP contribution is 2.28. The highest BCUT2D eigenvalue weighted by atomic mass is 16.5. The molecule has 1 fully saturated rings. The van der Waals surface area contributed by atoms with E-state index in [1.54, 1.807) is 7.11 Å². The molecule has 3 aromatic rings. The molecule has 26 heavy (non-hydrogen) atoms. The van der Waals surface area contributed by atoms with Gasteiger partial charge < -0.3 is 14.1 Å². The van der Waals surface area contributed by atoms with Crippen LogP contribution in [0.3, 0.4) is 0 Å². The molecule has 0 N–H and O–H groups in total. The topological polar surface area (TPSA) is 54.6 Å². The highest BCUT2D eigenvalue weighted by Gasteiger charge is 2.21. The minimum absolute atomic E-state index is 0.577. The van der Waals surface area contributed by atoms with Crippen LogP contribution in [0.5, 0.6) is 5.75 Å². The summed E-state index contributed by atoms with van der Waals surface area (Å²) in [6, 6.07) is 18.0. The smallest absolute Gasteiger partial charge is 0.247 e. The monoisotopic (exact) mass is 350 g/mol. The normalized spacial score (nSPS) is 15.2. The summed E-state index contributed by atoms with van der Waals surface area (Å²) < 4.78 is 11.3. The number of nitrogens with zero attached hydrogens (tertiary/aromatic N) is 4. The molecule has 4 rings (SSSR count). The van der Waals surface area contributed by atoms with E-state index in [1.807, 2.05) is 48.5 Å². The summed E-state index contributed by atoms with van der Waals surface area (Å²) in [5.74, 6) is 2.16. The maximum Gasteiger partial charge on any atom is 0.247 e. The van der Waals surface area contributed by atoms with Crippen molar-refractivity contribution in [3.63, 3.8) is 0 Å². The first-order valence-corrected chi connectivity index (χ1v) is 8.81. The van der Waals surface area contributed by atoms with Gasteiger partial charge in [-0.05, 0) is 24.3 Å². The summed E-state index contributed by atoms with van der Waals surface area (Å²) in [4.78, 5) is 4.70.